The van der Waals surface area contributed by atoms with Crippen LogP contribution in [0.2, 0.25) is 0 Å². The van der Waals surface area contributed by atoms with Gasteiger partial charge in [-0.15, -0.1) is 0 Å². The average molecular weight is 353 g/mol. The van der Waals surface area contributed by atoms with Crippen molar-refractivity contribution in [1.29, 1.82) is 0 Å². The smallest absolute Gasteiger partial charge is 0.291 e. The second-order valence-corrected chi connectivity index (χ2v) is 5.41. The summed E-state index contributed by atoms with van der Waals surface area (Å²) >= 11 is 0. The highest BCUT2D eigenvalue weighted by Crippen LogP contribution is 2.27. The molecule has 0 saturated heterocycles. The van der Waals surface area contributed by atoms with Crippen molar-refractivity contribution < 1.29 is 18.7 Å². The van der Waals surface area contributed by atoms with Crippen molar-refractivity contribution in [2.45, 2.75) is 6.54 Å². The van der Waals surface area contributed by atoms with Crippen molar-refractivity contribution >= 4 is 17.4 Å². The summed E-state index contributed by atoms with van der Waals surface area (Å²) in [6.07, 6.45) is 3.03. The van der Waals surface area contributed by atoms with Crippen LogP contribution >= 0.6 is 0 Å². The zero-order chi connectivity index (χ0) is 18.4. The number of rotatable bonds is 7. The Kier molecular flexibility index (Phi) is 5.38. The number of aromatic nitrogens is 1. The highest BCUT2D eigenvalue weighted by molar-refractivity contribution is 6.02. The summed E-state index contributed by atoms with van der Waals surface area (Å²) in [5.74, 6) is 1.99. The third kappa shape index (κ3) is 4.13. The van der Waals surface area contributed by atoms with Gasteiger partial charge in [0.2, 0.25) is 0 Å². The molecule has 7 heteroatoms. The first kappa shape index (κ1) is 17.3. The van der Waals surface area contributed by atoms with Gasteiger partial charge in [0.15, 0.2) is 17.3 Å². The lowest BCUT2D eigenvalue weighted by Crippen LogP contribution is -2.11. The van der Waals surface area contributed by atoms with E-state index in [-0.39, 0.29) is 11.7 Å². The van der Waals surface area contributed by atoms with Crippen LogP contribution in [0.4, 0.5) is 11.5 Å². The molecule has 3 aromatic rings. The minimum atomic E-state index is -0.317. The van der Waals surface area contributed by atoms with Crippen molar-refractivity contribution in [3.63, 3.8) is 0 Å². The third-order valence-electron chi connectivity index (χ3n) is 3.69. The number of hydrogen-bond donors (Lipinski definition) is 2. The lowest BCUT2D eigenvalue weighted by atomic mass is 10.2. The first-order valence-electron chi connectivity index (χ1n) is 7.95. The Labute approximate surface area is 151 Å². The second kappa shape index (κ2) is 8.06. The van der Waals surface area contributed by atoms with Gasteiger partial charge in [-0.05, 0) is 42.0 Å². The molecule has 3 rings (SSSR count). The van der Waals surface area contributed by atoms with Gasteiger partial charge in [-0.2, -0.15) is 0 Å². The summed E-state index contributed by atoms with van der Waals surface area (Å²) in [6, 6.07) is 12.5. The molecular formula is C19H19N3O4. The number of benzene rings is 1. The second-order valence-electron chi connectivity index (χ2n) is 5.41. The summed E-state index contributed by atoms with van der Waals surface area (Å²) in [5, 5.41) is 5.94. The van der Waals surface area contributed by atoms with E-state index in [2.05, 4.69) is 15.6 Å². The SMILES string of the molecule is COc1ccc(CNc2ccc(NC(=O)c3ccco3)cn2)cc1OC. The Morgan fingerprint density at radius 1 is 1.12 bits per heavy atom. The van der Waals surface area contributed by atoms with Gasteiger partial charge in [0.1, 0.15) is 5.82 Å². The summed E-state index contributed by atoms with van der Waals surface area (Å²) < 4.78 is 15.6. The average Bonchev–Trinajstić information content (AvgIpc) is 3.22. The summed E-state index contributed by atoms with van der Waals surface area (Å²) in [5.41, 5.74) is 1.61. The van der Waals surface area contributed by atoms with Crippen molar-refractivity contribution in [2.75, 3.05) is 24.9 Å². The third-order valence-corrected chi connectivity index (χ3v) is 3.69. The minimum absolute atomic E-state index is 0.251. The van der Waals surface area contributed by atoms with Gasteiger partial charge in [0.05, 0.1) is 32.4 Å². The molecule has 0 aliphatic rings. The molecule has 26 heavy (non-hydrogen) atoms. The molecule has 2 aromatic heterocycles. The topological polar surface area (TPSA) is 85.6 Å². The van der Waals surface area contributed by atoms with E-state index >= 15 is 0 Å². The molecule has 0 spiro atoms. The number of carbonyl (C=O) groups excluding carboxylic acids is 1. The maximum absolute atomic E-state index is 11.9. The van der Waals surface area contributed by atoms with Gasteiger partial charge in [-0.3, -0.25) is 4.79 Å². The summed E-state index contributed by atoms with van der Waals surface area (Å²) in [4.78, 5) is 16.2. The standard InChI is InChI=1S/C19H19N3O4/c1-24-15-7-5-13(10-17(15)25-2)11-20-18-8-6-14(12-21-18)22-19(23)16-4-3-9-26-16/h3-10,12H,11H2,1-2H3,(H,20,21)(H,22,23). The number of amides is 1. The van der Waals surface area contributed by atoms with E-state index in [1.54, 1.807) is 44.7 Å². The predicted octanol–water partition coefficient (Wildman–Crippen LogP) is 3.56. The molecule has 134 valence electrons. The zero-order valence-electron chi connectivity index (χ0n) is 14.5. The van der Waals surface area contributed by atoms with Crippen molar-refractivity contribution in [3.8, 4) is 11.5 Å². The van der Waals surface area contributed by atoms with Gasteiger partial charge in [0.25, 0.3) is 5.91 Å². The fourth-order valence-electron chi connectivity index (χ4n) is 2.36. The highest BCUT2D eigenvalue weighted by Gasteiger charge is 2.09. The number of ether oxygens (including phenoxy) is 2. The van der Waals surface area contributed by atoms with Crippen LogP contribution < -0.4 is 20.1 Å². The number of nitrogens with zero attached hydrogens (tertiary/aromatic N) is 1. The molecule has 0 aliphatic heterocycles. The Morgan fingerprint density at radius 2 is 1.96 bits per heavy atom. The monoisotopic (exact) mass is 353 g/mol. The van der Waals surface area contributed by atoms with Crippen molar-refractivity contribution in [2.24, 2.45) is 0 Å². The lowest BCUT2D eigenvalue weighted by Gasteiger charge is -2.11. The molecule has 0 aliphatic carbocycles. The number of anilines is 2. The van der Waals surface area contributed by atoms with Crippen LogP contribution in [-0.4, -0.2) is 25.1 Å². The molecule has 0 bridgehead atoms. The number of nitrogens with one attached hydrogen (secondary N) is 2. The van der Waals surface area contributed by atoms with E-state index < -0.39 is 0 Å². The van der Waals surface area contributed by atoms with E-state index in [0.717, 1.165) is 5.56 Å². The lowest BCUT2D eigenvalue weighted by molar-refractivity contribution is 0.0996. The van der Waals surface area contributed by atoms with E-state index in [1.165, 1.54) is 6.26 Å². The zero-order valence-corrected chi connectivity index (χ0v) is 14.5. The largest absolute Gasteiger partial charge is 0.493 e. The number of carbonyl (C=O) groups is 1. The van der Waals surface area contributed by atoms with Crippen LogP contribution in [-0.2, 0) is 6.54 Å². The predicted molar refractivity (Wildman–Crippen MR) is 97.8 cm³/mol. The normalized spacial score (nSPS) is 10.2. The maximum Gasteiger partial charge on any atom is 0.291 e. The molecule has 1 amide bonds. The van der Waals surface area contributed by atoms with Crippen molar-refractivity contribution in [1.82, 2.24) is 4.98 Å². The summed E-state index contributed by atoms with van der Waals surface area (Å²) in [7, 11) is 3.21. The Balaban J connectivity index is 1.58. The molecule has 2 heterocycles. The van der Waals surface area contributed by atoms with E-state index in [4.69, 9.17) is 13.9 Å². The van der Waals surface area contributed by atoms with Crippen LogP contribution in [0.5, 0.6) is 11.5 Å². The van der Waals surface area contributed by atoms with Gasteiger partial charge in [0, 0.05) is 6.54 Å². The Morgan fingerprint density at radius 3 is 2.62 bits per heavy atom. The van der Waals surface area contributed by atoms with E-state index in [9.17, 15) is 4.79 Å². The summed E-state index contributed by atoms with van der Waals surface area (Å²) in [6.45, 7) is 0.575. The number of hydrogen-bond acceptors (Lipinski definition) is 6. The van der Waals surface area contributed by atoms with E-state index in [0.29, 0.717) is 29.5 Å². The van der Waals surface area contributed by atoms with Gasteiger partial charge in [-0.1, -0.05) is 6.07 Å². The molecule has 0 atom stereocenters. The molecule has 0 radical (unpaired) electrons. The first-order valence-corrected chi connectivity index (χ1v) is 7.95. The highest BCUT2D eigenvalue weighted by atomic mass is 16.5. The van der Waals surface area contributed by atoms with Crippen LogP contribution in [0, 0.1) is 0 Å². The molecular weight excluding hydrogens is 334 g/mol. The van der Waals surface area contributed by atoms with Gasteiger partial charge < -0.3 is 24.5 Å². The van der Waals surface area contributed by atoms with Crippen LogP contribution in [0.1, 0.15) is 16.1 Å². The number of pyridine rings is 1. The van der Waals surface area contributed by atoms with Gasteiger partial charge in [-0.25, -0.2) is 4.98 Å². The molecule has 0 unspecified atom stereocenters. The van der Waals surface area contributed by atoms with Crippen LogP contribution in [0.25, 0.3) is 0 Å². The van der Waals surface area contributed by atoms with Gasteiger partial charge >= 0.3 is 0 Å². The van der Waals surface area contributed by atoms with Crippen LogP contribution in [0.15, 0.2) is 59.3 Å². The molecule has 1 aromatic carbocycles. The fourth-order valence-corrected chi connectivity index (χ4v) is 2.36. The number of methoxy groups -OCH3 is 2. The van der Waals surface area contributed by atoms with Crippen molar-refractivity contribution in [3.05, 3.63) is 66.2 Å². The molecule has 7 nitrogen and oxygen atoms in total. The molecule has 2 N–H and O–H groups in total. The van der Waals surface area contributed by atoms with E-state index in [1.807, 2.05) is 18.2 Å². The number of furan rings is 1. The quantitative estimate of drug-likeness (QED) is 0.675. The Hall–Kier alpha value is -3.48. The Bertz CT molecular complexity index is 861. The molecule has 0 fully saturated rings. The first-order chi connectivity index (χ1) is 12.7. The maximum atomic E-state index is 11.9. The van der Waals surface area contributed by atoms with Crippen LogP contribution in [0.3, 0.4) is 0 Å². The fraction of sp³-hybridized carbons (Fsp3) is 0.158. The minimum Gasteiger partial charge on any atom is -0.493 e. The molecule has 0 saturated carbocycles.